The first-order valence-electron chi connectivity index (χ1n) is 12.6. The third-order valence-electron chi connectivity index (χ3n) is 7.30. The van der Waals surface area contributed by atoms with Gasteiger partial charge in [-0.25, -0.2) is 0 Å². The van der Waals surface area contributed by atoms with Gasteiger partial charge in [0.15, 0.2) is 0 Å². The summed E-state index contributed by atoms with van der Waals surface area (Å²) in [6.07, 6.45) is 1.03. The molecule has 2 fully saturated rings. The van der Waals surface area contributed by atoms with Crippen molar-refractivity contribution in [3.63, 3.8) is 0 Å². The van der Waals surface area contributed by atoms with E-state index in [2.05, 4.69) is 19.2 Å². The third-order valence-corrected chi connectivity index (χ3v) is 7.62. The van der Waals surface area contributed by atoms with Crippen LogP contribution in [0.4, 0.5) is 5.69 Å². The highest BCUT2D eigenvalue weighted by Crippen LogP contribution is 2.31. The molecule has 1 aromatic rings. The molecule has 0 unspecified atom stereocenters. The van der Waals surface area contributed by atoms with E-state index in [0.29, 0.717) is 37.0 Å². The lowest BCUT2D eigenvalue weighted by Crippen LogP contribution is -2.64. The fraction of sp³-hybridized carbons (Fsp3) is 0.692. The Bertz CT molecular complexity index is 875. The number of carbonyl (C=O) groups excluding carboxylic acids is 2. The van der Waals surface area contributed by atoms with Crippen LogP contribution in [0.5, 0.6) is 0 Å². The maximum absolute atomic E-state index is 13.0. The first-order valence-corrected chi connectivity index (χ1v) is 13.0. The van der Waals surface area contributed by atoms with Crippen LogP contribution in [0.15, 0.2) is 24.3 Å². The average molecular weight is 509 g/mol. The van der Waals surface area contributed by atoms with E-state index in [0.717, 1.165) is 12.8 Å². The van der Waals surface area contributed by atoms with E-state index in [9.17, 15) is 14.7 Å². The van der Waals surface area contributed by atoms with E-state index >= 15 is 0 Å². The monoisotopic (exact) mass is 508 g/mol. The fourth-order valence-electron chi connectivity index (χ4n) is 4.88. The summed E-state index contributed by atoms with van der Waals surface area (Å²) in [6.45, 7) is 10.4. The minimum absolute atomic E-state index is 0.0398. The van der Waals surface area contributed by atoms with Crippen molar-refractivity contribution in [2.24, 2.45) is 17.6 Å². The molecule has 2 aliphatic rings. The van der Waals surface area contributed by atoms with Gasteiger partial charge < -0.3 is 25.8 Å². The first-order chi connectivity index (χ1) is 16.5. The molecule has 2 amide bonds. The zero-order valence-electron chi connectivity index (χ0n) is 21.4. The number of hydrogen-bond acceptors (Lipinski definition) is 6. The predicted octanol–water partition coefficient (Wildman–Crippen LogP) is 2.41. The lowest BCUT2D eigenvalue weighted by Gasteiger charge is -2.48. The zero-order valence-corrected chi connectivity index (χ0v) is 22.1. The standard InChI is InChI=1S/C26H41ClN4O4/c1-17(2)19(25(34)29-18-9-11-35-12-10-18)13-23(32)21(28)14-30-15-24(33)31(16-26(30,3)4)22-8-6-5-7-20(22)27/h5-8,17-19,21,23,32H,9-16,28H2,1-4H3,(H,29,34)/t19-,21-,23-/m0/s1. The summed E-state index contributed by atoms with van der Waals surface area (Å²) in [5.74, 6) is -0.378. The highest BCUT2D eigenvalue weighted by atomic mass is 35.5. The minimum Gasteiger partial charge on any atom is -0.391 e. The SMILES string of the molecule is CC(C)[C@H](C[C@H](O)[C@@H](N)CN1CC(=O)N(c2ccccc2Cl)CC1(C)C)C(=O)NC1CCOCC1. The molecule has 1 aromatic carbocycles. The van der Waals surface area contributed by atoms with Gasteiger partial charge in [0.05, 0.1) is 23.4 Å². The Morgan fingerprint density at radius 3 is 2.57 bits per heavy atom. The van der Waals surface area contributed by atoms with E-state index in [1.807, 2.05) is 36.9 Å². The van der Waals surface area contributed by atoms with Crippen molar-refractivity contribution in [1.29, 1.82) is 0 Å². The number of nitrogens with zero attached hydrogens (tertiary/aromatic N) is 2. The molecule has 9 heteroatoms. The number of hydrogen-bond donors (Lipinski definition) is 3. The molecule has 8 nitrogen and oxygen atoms in total. The Hall–Kier alpha value is -1.71. The minimum atomic E-state index is -0.865. The number of piperazine rings is 1. The van der Waals surface area contributed by atoms with Gasteiger partial charge in [-0.1, -0.05) is 37.6 Å². The number of halogens is 1. The molecule has 3 atom stereocenters. The molecule has 2 heterocycles. The number of para-hydroxylation sites is 1. The number of carbonyl (C=O) groups is 2. The lowest BCUT2D eigenvalue weighted by atomic mass is 9.86. The molecule has 35 heavy (non-hydrogen) atoms. The van der Waals surface area contributed by atoms with Crippen LogP contribution in [0.3, 0.4) is 0 Å². The van der Waals surface area contributed by atoms with Crippen LogP contribution in [0.1, 0.15) is 47.0 Å². The van der Waals surface area contributed by atoms with E-state index in [4.69, 9.17) is 22.1 Å². The molecule has 0 saturated carbocycles. The zero-order chi connectivity index (χ0) is 25.8. The van der Waals surface area contributed by atoms with Crippen LogP contribution in [-0.2, 0) is 14.3 Å². The number of rotatable bonds is 9. The van der Waals surface area contributed by atoms with Crippen LogP contribution in [-0.4, -0.2) is 78.4 Å². The van der Waals surface area contributed by atoms with Gasteiger partial charge in [-0.05, 0) is 51.2 Å². The Morgan fingerprint density at radius 1 is 1.29 bits per heavy atom. The van der Waals surface area contributed by atoms with Crippen LogP contribution in [0.25, 0.3) is 0 Å². The molecular weight excluding hydrogens is 468 g/mol. The molecule has 4 N–H and O–H groups in total. The van der Waals surface area contributed by atoms with Crippen molar-refractivity contribution in [1.82, 2.24) is 10.2 Å². The number of aliphatic hydroxyl groups excluding tert-OH is 1. The van der Waals surface area contributed by atoms with Gasteiger partial charge >= 0.3 is 0 Å². The summed E-state index contributed by atoms with van der Waals surface area (Å²) in [7, 11) is 0. The van der Waals surface area contributed by atoms with Crippen molar-refractivity contribution in [3.8, 4) is 0 Å². The Labute approximate surface area is 214 Å². The van der Waals surface area contributed by atoms with E-state index < -0.39 is 12.1 Å². The van der Waals surface area contributed by atoms with Gasteiger partial charge in [-0.15, -0.1) is 0 Å². The summed E-state index contributed by atoms with van der Waals surface area (Å²) < 4.78 is 5.37. The summed E-state index contributed by atoms with van der Waals surface area (Å²) >= 11 is 6.34. The number of nitrogens with one attached hydrogen (secondary N) is 1. The van der Waals surface area contributed by atoms with E-state index in [-0.39, 0.29) is 48.2 Å². The smallest absolute Gasteiger partial charge is 0.241 e. The molecule has 3 rings (SSSR count). The average Bonchev–Trinajstić information content (AvgIpc) is 2.80. The number of benzene rings is 1. The normalized spacial score (nSPS) is 22.2. The van der Waals surface area contributed by atoms with Gasteiger partial charge in [-0.2, -0.15) is 0 Å². The molecule has 0 aromatic heterocycles. The van der Waals surface area contributed by atoms with Crippen molar-refractivity contribution in [2.45, 2.75) is 70.7 Å². The Morgan fingerprint density at radius 2 is 1.94 bits per heavy atom. The summed E-state index contributed by atoms with van der Waals surface area (Å²) in [5, 5.41) is 14.6. The van der Waals surface area contributed by atoms with E-state index in [1.165, 1.54) is 0 Å². The summed E-state index contributed by atoms with van der Waals surface area (Å²) in [6, 6.07) is 6.85. The second-order valence-corrected chi connectivity index (χ2v) is 11.2. The van der Waals surface area contributed by atoms with Crippen LogP contribution >= 0.6 is 11.6 Å². The van der Waals surface area contributed by atoms with Crippen molar-refractivity contribution in [2.75, 3.05) is 37.7 Å². The highest BCUT2D eigenvalue weighted by molar-refractivity contribution is 6.33. The number of aliphatic hydroxyl groups is 1. The quantitative estimate of drug-likeness (QED) is 0.472. The number of amides is 2. The predicted molar refractivity (Wildman–Crippen MR) is 138 cm³/mol. The molecule has 0 radical (unpaired) electrons. The van der Waals surface area contributed by atoms with Crippen LogP contribution in [0, 0.1) is 11.8 Å². The largest absolute Gasteiger partial charge is 0.391 e. The fourth-order valence-corrected chi connectivity index (χ4v) is 5.12. The number of anilines is 1. The summed E-state index contributed by atoms with van der Waals surface area (Å²) in [5.41, 5.74) is 6.76. The number of ether oxygens (including phenoxy) is 1. The topological polar surface area (TPSA) is 108 Å². The van der Waals surface area contributed by atoms with Gasteiger partial charge in [0.1, 0.15) is 0 Å². The Kier molecular flexibility index (Phi) is 9.57. The molecule has 196 valence electrons. The van der Waals surface area contributed by atoms with Gasteiger partial charge in [0.25, 0.3) is 0 Å². The van der Waals surface area contributed by atoms with Crippen molar-refractivity contribution < 1.29 is 19.4 Å². The van der Waals surface area contributed by atoms with Gasteiger partial charge in [-0.3, -0.25) is 14.5 Å². The van der Waals surface area contributed by atoms with Crippen LogP contribution < -0.4 is 16.0 Å². The second-order valence-electron chi connectivity index (χ2n) is 10.8. The summed E-state index contributed by atoms with van der Waals surface area (Å²) in [4.78, 5) is 29.7. The lowest BCUT2D eigenvalue weighted by molar-refractivity contribution is -0.129. The first kappa shape index (κ1) is 27.9. The van der Waals surface area contributed by atoms with Crippen molar-refractivity contribution >= 4 is 29.1 Å². The highest BCUT2D eigenvalue weighted by Gasteiger charge is 2.40. The molecule has 0 bridgehead atoms. The van der Waals surface area contributed by atoms with E-state index in [1.54, 1.807) is 11.0 Å². The number of nitrogens with two attached hydrogens (primary N) is 1. The maximum Gasteiger partial charge on any atom is 0.241 e. The second kappa shape index (κ2) is 12.0. The van der Waals surface area contributed by atoms with Crippen molar-refractivity contribution in [3.05, 3.63) is 29.3 Å². The maximum atomic E-state index is 13.0. The van der Waals surface area contributed by atoms with Gasteiger partial charge in [0, 0.05) is 49.8 Å². The molecular formula is C26H41ClN4O4. The molecule has 2 saturated heterocycles. The Balaban J connectivity index is 1.60. The molecule has 0 spiro atoms. The van der Waals surface area contributed by atoms with Crippen LogP contribution in [0.2, 0.25) is 5.02 Å². The molecule has 0 aliphatic carbocycles. The molecule has 2 aliphatic heterocycles. The third kappa shape index (κ3) is 7.17. The van der Waals surface area contributed by atoms with Gasteiger partial charge in [0.2, 0.25) is 11.8 Å².